The second-order valence-electron chi connectivity index (χ2n) is 4.26. The smallest absolute Gasteiger partial charge is 0.160 e. The fourth-order valence-corrected chi connectivity index (χ4v) is 2.22. The van der Waals surface area contributed by atoms with Crippen LogP contribution < -0.4 is 0 Å². The summed E-state index contributed by atoms with van der Waals surface area (Å²) in [6.07, 6.45) is 1.45. The number of hydrogen-bond donors (Lipinski definition) is 0. The first-order valence-corrected chi connectivity index (χ1v) is 5.30. The maximum absolute atomic E-state index is 5.86. The van der Waals surface area contributed by atoms with Crippen molar-refractivity contribution in [2.45, 2.75) is 46.5 Å². The summed E-state index contributed by atoms with van der Waals surface area (Å²) in [5.41, 5.74) is 0. The normalized spacial score (nSPS) is 46.4. The molecule has 1 aliphatic heterocycles. The van der Waals surface area contributed by atoms with Crippen LogP contribution in [0.15, 0.2) is 0 Å². The maximum Gasteiger partial charge on any atom is 0.160 e. The summed E-state index contributed by atoms with van der Waals surface area (Å²) in [7, 11) is 1.73. The third-order valence-electron chi connectivity index (χ3n) is 3.62. The van der Waals surface area contributed by atoms with Gasteiger partial charge in [0.05, 0.1) is 6.10 Å². The zero-order chi connectivity index (χ0) is 10.0. The molecule has 1 fully saturated rings. The van der Waals surface area contributed by atoms with Gasteiger partial charge >= 0.3 is 0 Å². The largest absolute Gasteiger partial charge is 0.356 e. The van der Waals surface area contributed by atoms with Gasteiger partial charge in [0, 0.05) is 13.0 Å². The van der Waals surface area contributed by atoms with Crippen molar-refractivity contribution in [1.82, 2.24) is 0 Å². The van der Waals surface area contributed by atoms with Crippen LogP contribution in [-0.4, -0.2) is 19.5 Å². The van der Waals surface area contributed by atoms with Gasteiger partial charge in [-0.25, -0.2) is 0 Å². The predicted molar refractivity (Wildman–Crippen MR) is 53.5 cm³/mol. The summed E-state index contributed by atoms with van der Waals surface area (Å²) < 4.78 is 11.2. The Kier molecular flexibility index (Phi) is 3.74. The van der Waals surface area contributed by atoms with E-state index in [0.717, 1.165) is 6.42 Å². The van der Waals surface area contributed by atoms with E-state index in [4.69, 9.17) is 9.47 Å². The predicted octanol–water partition coefficient (Wildman–Crippen LogP) is 2.68. The van der Waals surface area contributed by atoms with Crippen LogP contribution in [0.5, 0.6) is 0 Å². The molecule has 0 amide bonds. The minimum atomic E-state index is -0.00356. The summed E-state index contributed by atoms with van der Waals surface area (Å²) in [5, 5.41) is 0. The van der Waals surface area contributed by atoms with E-state index in [-0.39, 0.29) is 6.29 Å². The molecule has 1 rings (SSSR count). The van der Waals surface area contributed by atoms with Crippen LogP contribution in [0.1, 0.15) is 34.1 Å². The van der Waals surface area contributed by atoms with Crippen molar-refractivity contribution in [2.24, 2.45) is 17.8 Å². The van der Waals surface area contributed by atoms with Gasteiger partial charge in [0.2, 0.25) is 0 Å². The number of ether oxygens (including phenoxy) is 2. The zero-order valence-electron chi connectivity index (χ0n) is 9.41. The molecular formula is C11H22O2. The van der Waals surface area contributed by atoms with Crippen LogP contribution in [0.2, 0.25) is 0 Å². The lowest BCUT2D eigenvalue weighted by Crippen LogP contribution is -2.45. The standard InChI is InChI=1S/C11H22O2/c1-6-10-8(3)7(2)9(4)11(12-5)13-10/h7-11H,6H2,1-5H3/t7-,8+,9+,10+,11?/m0/s1. The van der Waals surface area contributed by atoms with E-state index in [1.165, 1.54) is 0 Å². The Hall–Kier alpha value is -0.0800. The molecule has 1 aliphatic rings. The molecule has 0 spiro atoms. The van der Waals surface area contributed by atoms with Gasteiger partial charge < -0.3 is 9.47 Å². The van der Waals surface area contributed by atoms with Crippen LogP contribution >= 0.6 is 0 Å². The van der Waals surface area contributed by atoms with Gasteiger partial charge in [0.25, 0.3) is 0 Å². The van der Waals surface area contributed by atoms with Crippen molar-refractivity contribution in [2.75, 3.05) is 7.11 Å². The van der Waals surface area contributed by atoms with Crippen molar-refractivity contribution in [3.63, 3.8) is 0 Å². The molecule has 13 heavy (non-hydrogen) atoms. The van der Waals surface area contributed by atoms with Crippen LogP contribution in [0.3, 0.4) is 0 Å². The van der Waals surface area contributed by atoms with Crippen molar-refractivity contribution < 1.29 is 9.47 Å². The minimum absolute atomic E-state index is 0.00356. The summed E-state index contributed by atoms with van der Waals surface area (Å²) in [6, 6.07) is 0. The Bertz CT molecular complexity index is 138. The lowest BCUT2D eigenvalue weighted by Gasteiger charge is -2.42. The minimum Gasteiger partial charge on any atom is -0.356 e. The highest BCUT2D eigenvalue weighted by Gasteiger charge is 2.38. The van der Waals surface area contributed by atoms with Gasteiger partial charge in [-0.15, -0.1) is 0 Å². The van der Waals surface area contributed by atoms with E-state index in [1.54, 1.807) is 7.11 Å². The third-order valence-corrected chi connectivity index (χ3v) is 3.62. The lowest BCUT2D eigenvalue weighted by atomic mass is 9.78. The molecule has 0 aliphatic carbocycles. The molecule has 0 aromatic rings. The van der Waals surface area contributed by atoms with Gasteiger partial charge in [-0.05, 0) is 18.3 Å². The Labute approximate surface area is 81.6 Å². The molecule has 78 valence electrons. The molecule has 0 radical (unpaired) electrons. The Morgan fingerprint density at radius 1 is 1.08 bits per heavy atom. The summed E-state index contributed by atoms with van der Waals surface area (Å²) in [6.45, 7) is 8.96. The van der Waals surface area contributed by atoms with Crippen molar-refractivity contribution >= 4 is 0 Å². The molecule has 1 unspecified atom stereocenters. The average molecular weight is 186 g/mol. The topological polar surface area (TPSA) is 18.5 Å². The van der Waals surface area contributed by atoms with Gasteiger partial charge in [0.1, 0.15) is 0 Å². The number of rotatable bonds is 2. The average Bonchev–Trinajstić information content (AvgIpc) is 2.15. The fourth-order valence-electron chi connectivity index (χ4n) is 2.22. The van der Waals surface area contributed by atoms with Gasteiger partial charge in [-0.2, -0.15) is 0 Å². The Morgan fingerprint density at radius 2 is 1.69 bits per heavy atom. The van der Waals surface area contributed by atoms with Gasteiger partial charge in [-0.1, -0.05) is 27.7 Å². The molecule has 2 nitrogen and oxygen atoms in total. The second kappa shape index (κ2) is 4.43. The van der Waals surface area contributed by atoms with E-state index < -0.39 is 0 Å². The van der Waals surface area contributed by atoms with E-state index >= 15 is 0 Å². The molecular weight excluding hydrogens is 164 g/mol. The monoisotopic (exact) mass is 186 g/mol. The molecule has 2 heteroatoms. The molecule has 0 aromatic heterocycles. The van der Waals surface area contributed by atoms with E-state index in [9.17, 15) is 0 Å². The number of methoxy groups -OCH3 is 1. The van der Waals surface area contributed by atoms with Crippen LogP contribution in [0.4, 0.5) is 0 Å². The highest BCUT2D eigenvalue weighted by atomic mass is 16.7. The summed E-state index contributed by atoms with van der Waals surface area (Å²) in [4.78, 5) is 0. The molecule has 0 saturated carbocycles. The molecule has 5 atom stereocenters. The first kappa shape index (κ1) is 11.0. The maximum atomic E-state index is 5.86. The molecule has 1 heterocycles. The Balaban J connectivity index is 2.66. The molecule has 0 bridgehead atoms. The van der Waals surface area contributed by atoms with Crippen molar-refractivity contribution in [3.05, 3.63) is 0 Å². The van der Waals surface area contributed by atoms with E-state index in [2.05, 4.69) is 27.7 Å². The molecule has 1 saturated heterocycles. The van der Waals surface area contributed by atoms with E-state index in [1.807, 2.05) is 0 Å². The second-order valence-corrected chi connectivity index (χ2v) is 4.26. The zero-order valence-corrected chi connectivity index (χ0v) is 9.41. The van der Waals surface area contributed by atoms with Crippen LogP contribution in [-0.2, 0) is 9.47 Å². The Morgan fingerprint density at radius 3 is 2.15 bits per heavy atom. The highest BCUT2D eigenvalue weighted by Crippen LogP contribution is 2.36. The quantitative estimate of drug-likeness (QED) is 0.660. The molecule has 0 aromatic carbocycles. The van der Waals surface area contributed by atoms with Crippen LogP contribution in [0.25, 0.3) is 0 Å². The summed E-state index contributed by atoms with van der Waals surface area (Å²) >= 11 is 0. The summed E-state index contributed by atoms with van der Waals surface area (Å²) in [5.74, 6) is 1.83. The van der Waals surface area contributed by atoms with Gasteiger partial charge in [0.15, 0.2) is 6.29 Å². The van der Waals surface area contributed by atoms with E-state index in [0.29, 0.717) is 23.9 Å². The first-order chi connectivity index (χ1) is 6.11. The first-order valence-electron chi connectivity index (χ1n) is 5.30. The molecule has 0 N–H and O–H groups in total. The van der Waals surface area contributed by atoms with Crippen molar-refractivity contribution in [1.29, 1.82) is 0 Å². The lowest BCUT2D eigenvalue weighted by molar-refractivity contribution is -0.237. The fraction of sp³-hybridized carbons (Fsp3) is 1.00. The van der Waals surface area contributed by atoms with Crippen LogP contribution in [0, 0.1) is 17.8 Å². The van der Waals surface area contributed by atoms with Gasteiger partial charge in [-0.3, -0.25) is 0 Å². The third kappa shape index (κ3) is 2.05. The number of hydrogen-bond acceptors (Lipinski definition) is 2. The SMILES string of the molecule is CC[C@H]1OC(OC)[C@H](C)[C@@H](C)[C@H]1C. The van der Waals surface area contributed by atoms with Crippen molar-refractivity contribution in [3.8, 4) is 0 Å². The highest BCUT2D eigenvalue weighted by molar-refractivity contribution is 4.81.